The topological polar surface area (TPSA) is 115 Å². The third-order valence-electron chi connectivity index (χ3n) is 2.81. The second-order valence-corrected chi connectivity index (χ2v) is 5.97. The van der Waals surface area contributed by atoms with Crippen molar-refractivity contribution < 1.29 is 13.3 Å². The quantitative estimate of drug-likeness (QED) is 0.462. The number of aryl methyl sites for hydroxylation is 1. The molecule has 0 radical (unpaired) electrons. The summed E-state index contributed by atoms with van der Waals surface area (Å²) in [6.07, 6.45) is 3.19. The van der Waals surface area contributed by atoms with Gasteiger partial charge in [0.15, 0.2) is 0 Å². The lowest BCUT2D eigenvalue weighted by atomic mass is 10.1. The molecule has 20 heavy (non-hydrogen) atoms. The molecule has 0 amide bonds. The van der Waals surface area contributed by atoms with E-state index in [4.69, 9.17) is 5.73 Å². The van der Waals surface area contributed by atoms with Gasteiger partial charge in [-0.15, -0.1) is 0 Å². The van der Waals surface area contributed by atoms with Gasteiger partial charge in [-0.05, 0) is 25.5 Å². The summed E-state index contributed by atoms with van der Waals surface area (Å²) in [7, 11) is -3.78. The van der Waals surface area contributed by atoms with E-state index in [0.29, 0.717) is 17.7 Å². The minimum atomic E-state index is -3.78. The van der Waals surface area contributed by atoms with Crippen molar-refractivity contribution in [2.45, 2.75) is 18.7 Å². The standard InChI is InChI=1S/C12H17N3O4S/c1-9-7-11(8-12(10(9)2)15(16)17)20(18,19)14-6-4-3-5-13/h3-4,7-8,14H,5-6,13H2,1-2H3/b4-3+. The van der Waals surface area contributed by atoms with Crippen LogP contribution in [0.25, 0.3) is 0 Å². The van der Waals surface area contributed by atoms with E-state index in [-0.39, 0.29) is 17.1 Å². The maximum absolute atomic E-state index is 12.0. The zero-order valence-electron chi connectivity index (χ0n) is 11.3. The highest BCUT2D eigenvalue weighted by Crippen LogP contribution is 2.25. The number of hydrogen-bond donors (Lipinski definition) is 2. The molecule has 0 fully saturated rings. The van der Waals surface area contributed by atoms with Crippen LogP contribution in [0.4, 0.5) is 5.69 Å². The van der Waals surface area contributed by atoms with Crippen LogP contribution in [0.5, 0.6) is 0 Å². The Bertz CT molecular complexity index is 638. The monoisotopic (exact) mass is 299 g/mol. The van der Waals surface area contributed by atoms with Crippen molar-refractivity contribution in [2.24, 2.45) is 5.73 Å². The van der Waals surface area contributed by atoms with E-state index >= 15 is 0 Å². The highest BCUT2D eigenvalue weighted by Gasteiger charge is 2.21. The average molecular weight is 299 g/mol. The van der Waals surface area contributed by atoms with Crippen LogP contribution >= 0.6 is 0 Å². The van der Waals surface area contributed by atoms with Crippen LogP contribution in [-0.2, 0) is 10.0 Å². The minimum Gasteiger partial charge on any atom is -0.327 e. The number of nitrogens with one attached hydrogen (secondary N) is 1. The molecule has 3 N–H and O–H groups in total. The van der Waals surface area contributed by atoms with Crippen molar-refractivity contribution >= 4 is 15.7 Å². The first-order valence-electron chi connectivity index (χ1n) is 5.90. The molecule has 7 nitrogen and oxygen atoms in total. The van der Waals surface area contributed by atoms with Crippen molar-refractivity contribution in [1.29, 1.82) is 0 Å². The molecule has 0 atom stereocenters. The number of nitrogens with two attached hydrogens (primary N) is 1. The van der Waals surface area contributed by atoms with Crippen LogP contribution in [0, 0.1) is 24.0 Å². The molecule has 8 heteroatoms. The molecule has 0 spiro atoms. The van der Waals surface area contributed by atoms with Gasteiger partial charge in [0.25, 0.3) is 5.69 Å². The Morgan fingerprint density at radius 2 is 2.00 bits per heavy atom. The summed E-state index contributed by atoms with van der Waals surface area (Å²) in [4.78, 5) is 10.2. The van der Waals surface area contributed by atoms with Gasteiger partial charge in [-0.2, -0.15) is 0 Å². The maximum Gasteiger partial charge on any atom is 0.273 e. The Kier molecular flexibility index (Phi) is 5.37. The van der Waals surface area contributed by atoms with Gasteiger partial charge in [0, 0.05) is 24.7 Å². The molecule has 1 aromatic carbocycles. The van der Waals surface area contributed by atoms with Gasteiger partial charge in [0.2, 0.25) is 10.0 Å². The summed E-state index contributed by atoms with van der Waals surface area (Å²) in [5, 5.41) is 10.9. The fraction of sp³-hybridized carbons (Fsp3) is 0.333. The zero-order valence-corrected chi connectivity index (χ0v) is 12.1. The molecule has 0 aliphatic heterocycles. The van der Waals surface area contributed by atoms with E-state index in [9.17, 15) is 18.5 Å². The van der Waals surface area contributed by atoms with Crippen LogP contribution in [0.1, 0.15) is 11.1 Å². The average Bonchev–Trinajstić information content (AvgIpc) is 2.37. The van der Waals surface area contributed by atoms with Gasteiger partial charge in [0.1, 0.15) is 0 Å². The van der Waals surface area contributed by atoms with E-state index in [2.05, 4.69) is 4.72 Å². The van der Waals surface area contributed by atoms with E-state index in [1.165, 1.54) is 6.07 Å². The molecule has 0 bridgehead atoms. The number of sulfonamides is 1. The van der Waals surface area contributed by atoms with Crippen molar-refractivity contribution in [3.8, 4) is 0 Å². The fourth-order valence-electron chi connectivity index (χ4n) is 1.57. The van der Waals surface area contributed by atoms with E-state index in [0.717, 1.165) is 6.07 Å². The number of nitro groups is 1. The van der Waals surface area contributed by atoms with Crippen molar-refractivity contribution in [3.63, 3.8) is 0 Å². The number of hydrogen-bond acceptors (Lipinski definition) is 5. The lowest BCUT2D eigenvalue weighted by Gasteiger charge is -2.08. The van der Waals surface area contributed by atoms with E-state index in [1.54, 1.807) is 26.0 Å². The minimum absolute atomic E-state index is 0.0836. The Hall–Kier alpha value is -1.77. The highest BCUT2D eigenvalue weighted by atomic mass is 32.2. The molecule has 0 aromatic heterocycles. The molecule has 110 valence electrons. The third-order valence-corrected chi connectivity index (χ3v) is 4.22. The Morgan fingerprint density at radius 3 is 2.55 bits per heavy atom. The number of nitro benzene ring substituents is 1. The van der Waals surface area contributed by atoms with Gasteiger partial charge in [-0.25, -0.2) is 13.1 Å². The highest BCUT2D eigenvalue weighted by molar-refractivity contribution is 7.89. The summed E-state index contributed by atoms with van der Waals surface area (Å²) in [6, 6.07) is 2.48. The van der Waals surface area contributed by atoms with Gasteiger partial charge in [-0.3, -0.25) is 10.1 Å². The molecule has 0 aliphatic carbocycles. The van der Waals surface area contributed by atoms with Crippen LogP contribution in [0.2, 0.25) is 0 Å². The number of rotatable bonds is 6. The summed E-state index contributed by atoms with van der Waals surface area (Å²) < 4.78 is 26.4. The smallest absolute Gasteiger partial charge is 0.273 e. The van der Waals surface area contributed by atoms with E-state index in [1.807, 2.05) is 0 Å². The lowest BCUT2D eigenvalue weighted by Crippen LogP contribution is -2.24. The predicted octanol–water partition coefficient (Wildman–Crippen LogP) is 1.00. The summed E-state index contributed by atoms with van der Waals surface area (Å²) in [5.41, 5.74) is 6.04. The number of benzene rings is 1. The van der Waals surface area contributed by atoms with Crippen LogP contribution in [-0.4, -0.2) is 26.4 Å². The molecule has 0 heterocycles. The first-order valence-corrected chi connectivity index (χ1v) is 7.38. The third kappa shape index (κ3) is 3.86. The summed E-state index contributed by atoms with van der Waals surface area (Å²) in [6.45, 7) is 3.62. The second kappa shape index (κ2) is 6.60. The second-order valence-electron chi connectivity index (χ2n) is 4.20. The van der Waals surface area contributed by atoms with Crippen LogP contribution in [0.3, 0.4) is 0 Å². The molecule has 1 aromatic rings. The molecule has 0 saturated carbocycles. The molecule has 0 saturated heterocycles. The van der Waals surface area contributed by atoms with Gasteiger partial charge in [-0.1, -0.05) is 12.2 Å². The Labute approximate surface area is 117 Å². The fourth-order valence-corrected chi connectivity index (χ4v) is 2.65. The Balaban J connectivity index is 3.13. The zero-order chi connectivity index (χ0) is 15.3. The normalized spacial score (nSPS) is 11.9. The van der Waals surface area contributed by atoms with Crippen molar-refractivity contribution in [2.75, 3.05) is 13.1 Å². The molecule has 0 aliphatic rings. The SMILES string of the molecule is Cc1cc(S(=O)(=O)NC/C=C/CN)cc([N+](=O)[O-])c1C. The van der Waals surface area contributed by atoms with Gasteiger partial charge < -0.3 is 5.73 Å². The van der Waals surface area contributed by atoms with Crippen LogP contribution < -0.4 is 10.5 Å². The Morgan fingerprint density at radius 1 is 1.35 bits per heavy atom. The summed E-state index contributed by atoms with van der Waals surface area (Å²) in [5.74, 6) is 0. The molecular weight excluding hydrogens is 282 g/mol. The molecule has 0 unspecified atom stereocenters. The predicted molar refractivity (Wildman–Crippen MR) is 76.0 cm³/mol. The number of nitrogens with zero attached hydrogens (tertiary/aromatic N) is 1. The lowest BCUT2D eigenvalue weighted by molar-refractivity contribution is -0.385. The largest absolute Gasteiger partial charge is 0.327 e. The summed E-state index contributed by atoms with van der Waals surface area (Å²) >= 11 is 0. The van der Waals surface area contributed by atoms with Crippen molar-refractivity contribution in [1.82, 2.24) is 4.72 Å². The molecule has 1 rings (SSSR count). The van der Waals surface area contributed by atoms with E-state index < -0.39 is 14.9 Å². The van der Waals surface area contributed by atoms with Crippen molar-refractivity contribution in [3.05, 3.63) is 45.5 Å². The molecular formula is C12H17N3O4S. The van der Waals surface area contributed by atoms with Gasteiger partial charge >= 0.3 is 0 Å². The maximum atomic E-state index is 12.0. The first-order chi connectivity index (χ1) is 9.29. The first kappa shape index (κ1) is 16.3. The van der Waals surface area contributed by atoms with Crippen LogP contribution in [0.15, 0.2) is 29.2 Å². The van der Waals surface area contributed by atoms with Gasteiger partial charge in [0.05, 0.1) is 9.82 Å².